The van der Waals surface area contributed by atoms with E-state index >= 15 is 0 Å². The Morgan fingerprint density at radius 2 is 2.44 bits per heavy atom. The van der Waals surface area contributed by atoms with Gasteiger partial charge in [-0.05, 0) is 0 Å². The minimum absolute atomic E-state index is 0. The average molecular weight is 151 g/mol. The van der Waals surface area contributed by atoms with Crippen molar-refractivity contribution in [1.29, 1.82) is 5.26 Å². The maximum Gasteiger partial charge on any atom is 1.00 e. The molecule has 0 heterocycles. The quantitative estimate of drug-likeness (QED) is 0.152. The van der Waals surface area contributed by atoms with Crippen molar-refractivity contribution in [2.75, 3.05) is 0 Å². The van der Waals surface area contributed by atoms with Crippen molar-refractivity contribution in [3.8, 4) is 6.07 Å². The summed E-state index contributed by atoms with van der Waals surface area (Å²) in [6.07, 6.45) is 1.01. The van der Waals surface area contributed by atoms with Crippen LogP contribution in [-0.4, -0.2) is 0 Å². The molecular weight excluding hydrogens is 149 g/mol. The van der Waals surface area contributed by atoms with E-state index in [-0.39, 0.29) is 34.6 Å². The fourth-order valence-electron chi connectivity index (χ4n) is 0.136. The maximum atomic E-state index is 9.31. The van der Waals surface area contributed by atoms with Crippen molar-refractivity contribution in [3.05, 3.63) is 16.0 Å². The van der Waals surface area contributed by atoms with Crippen LogP contribution in [0, 0.1) is 16.2 Å². The Hall–Kier alpha value is -0.150. The first-order valence-corrected chi connectivity index (χ1v) is 2.07. The fourth-order valence-corrected chi connectivity index (χ4v) is 0.226. The molecule has 6 heteroatoms. The normalized spacial score (nSPS) is 8.56. The van der Waals surface area contributed by atoms with Crippen LogP contribution in [0.2, 0.25) is 0 Å². The second-order valence-electron chi connectivity index (χ2n) is 0.841. The van der Waals surface area contributed by atoms with E-state index < -0.39 is 0 Å². The molecule has 0 fully saturated rings. The van der Waals surface area contributed by atoms with Crippen LogP contribution >= 0.6 is 0 Å². The molecule has 0 radical (unpaired) electrons. The van der Waals surface area contributed by atoms with Gasteiger partial charge < -0.3 is 12.6 Å². The number of nitriles is 1. The molecule has 0 spiro atoms. The predicted molar refractivity (Wildman–Crippen MR) is 30.0 cm³/mol. The van der Waals surface area contributed by atoms with Gasteiger partial charge in [-0.15, -0.1) is 4.91 Å². The molecule has 4 nitrogen and oxygen atoms in total. The Bertz CT molecular complexity index is 152. The molecule has 0 bridgehead atoms. The Balaban J connectivity index is 0. The van der Waals surface area contributed by atoms with E-state index in [0.29, 0.717) is 0 Å². The second kappa shape index (κ2) is 7.85. The van der Waals surface area contributed by atoms with Crippen molar-refractivity contribution < 1.29 is 29.6 Å². The number of hydrogen-bond donors (Lipinski definition) is 1. The van der Waals surface area contributed by atoms with Crippen LogP contribution < -0.4 is 35.0 Å². The first kappa shape index (κ1) is 11.6. The van der Waals surface area contributed by atoms with Gasteiger partial charge in [-0.2, -0.15) is 5.26 Å². The number of nitroso groups, excluding NO2 is 1. The molecule has 0 aliphatic heterocycles. The van der Waals surface area contributed by atoms with Crippen molar-refractivity contribution in [1.82, 2.24) is 5.43 Å². The molecule has 0 rings (SSSR count). The Morgan fingerprint density at radius 3 is 2.78 bits per heavy atom. The second-order valence-corrected chi connectivity index (χ2v) is 1.28. The predicted octanol–water partition coefficient (Wildman–Crippen LogP) is -2.83. The summed E-state index contributed by atoms with van der Waals surface area (Å²) >= 11 is 4.37. The molecule has 0 amide bonds. The Morgan fingerprint density at radius 1 is 1.89 bits per heavy atom. The molecule has 0 aliphatic rings. The third kappa shape index (κ3) is 7.85. The number of nitrogens with zero attached hydrogens (tertiary/aromatic N) is 2. The summed E-state index contributed by atoms with van der Waals surface area (Å²) in [5.74, 6) is 0. The topological polar surface area (TPSA) is 65.2 Å². The summed E-state index contributed by atoms with van der Waals surface area (Å²) in [6.45, 7) is 0. The van der Waals surface area contributed by atoms with E-state index in [2.05, 4.69) is 17.9 Å². The van der Waals surface area contributed by atoms with Gasteiger partial charge in [0.1, 0.15) is 0 Å². The van der Waals surface area contributed by atoms with E-state index in [9.17, 15) is 4.91 Å². The van der Waals surface area contributed by atoms with Crippen molar-refractivity contribution in [2.24, 2.45) is 5.29 Å². The van der Waals surface area contributed by atoms with E-state index in [1.165, 1.54) is 0 Å². The standard InChI is InChI=1S/C3H3N3OS.Na/c4-2-1-3(8)5-6-7;/h1,8H,(H,5,7);/q;+1/p-1/b3-1-;. The molecular formula is C3H2N3NaOS. The van der Waals surface area contributed by atoms with Gasteiger partial charge in [0.2, 0.25) is 0 Å². The molecule has 0 aromatic rings. The van der Waals surface area contributed by atoms with Gasteiger partial charge in [-0.3, -0.25) is 5.43 Å². The summed E-state index contributed by atoms with van der Waals surface area (Å²) in [6, 6.07) is 1.62. The number of allylic oxidation sites excluding steroid dienone is 1. The SMILES string of the molecule is N#C/C=C(\[S-])NN=O.[Na+]. The van der Waals surface area contributed by atoms with Gasteiger partial charge in [0.25, 0.3) is 0 Å². The first-order valence-electron chi connectivity index (χ1n) is 1.66. The van der Waals surface area contributed by atoms with Crippen LogP contribution in [0.5, 0.6) is 0 Å². The first-order chi connectivity index (χ1) is 3.81. The molecule has 1 N–H and O–H groups in total. The van der Waals surface area contributed by atoms with Gasteiger partial charge in [-0.25, -0.2) is 0 Å². The summed E-state index contributed by atoms with van der Waals surface area (Å²) in [4.78, 5) is 9.31. The molecule has 0 unspecified atom stereocenters. The van der Waals surface area contributed by atoms with Gasteiger partial charge in [0.05, 0.1) is 11.4 Å². The van der Waals surface area contributed by atoms with Crippen LogP contribution in [0.25, 0.3) is 0 Å². The monoisotopic (exact) mass is 151 g/mol. The van der Waals surface area contributed by atoms with Crippen LogP contribution in [-0.2, 0) is 12.6 Å². The number of nitrogens with one attached hydrogen (secondary N) is 1. The summed E-state index contributed by atoms with van der Waals surface area (Å²) < 4.78 is 0. The molecule has 0 atom stereocenters. The summed E-state index contributed by atoms with van der Waals surface area (Å²) in [7, 11) is 0. The molecule has 42 valence electrons. The third-order valence-electron chi connectivity index (χ3n) is 0.351. The van der Waals surface area contributed by atoms with Crippen LogP contribution in [0.15, 0.2) is 16.4 Å². The van der Waals surface area contributed by atoms with Crippen LogP contribution in [0.4, 0.5) is 0 Å². The van der Waals surface area contributed by atoms with E-state index in [1.54, 1.807) is 6.07 Å². The summed E-state index contributed by atoms with van der Waals surface area (Å²) in [5.41, 5.74) is 1.87. The zero-order valence-electron chi connectivity index (χ0n) is 4.79. The maximum absolute atomic E-state index is 9.31. The van der Waals surface area contributed by atoms with E-state index in [1.807, 2.05) is 5.43 Å². The summed E-state index contributed by atoms with van der Waals surface area (Å²) in [5, 5.41) is 10.1. The molecule has 0 saturated carbocycles. The Kier molecular flexibility index (Phi) is 10.1. The molecule has 9 heavy (non-hydrogen) atoms. The molecule has 0 aliphatic carbocycles. The number of hydrogen-bond acceptors (Lipinski definition) is 4. The zero-order valence-corrected chi connectivity index (χ0v) is 7.60. The van der Waals surface area contributed by atoms with Gasteiger partial charge >= 0.3 is 29.6 Å². The van der Waals surface area contributed by atoms with E-state index in [4.69, 9.17) is 5.26 Å². The van der Waals surface area contributed by atoms with Crippen molar-refractivity contribution >= 4 is 12.6 Å². The smallest absolute Gasteiger partial charge is 0.760 e. The minimum atomic E-state index is 0. The van der Waals surface area contributed by atoms with Gasteiger partial charge in [-0.1, -0.05) is 5.03 Å². The van der Waals surface area contributed by atoms with Gasteiger partial charge in [0.15, 0.2) is 0 Å². The minimum Gasteiger partial charge on any atom is -0.760 e. The Labute approximate surface area is 80.0 Å². The largest absolute Gasteiger partial charge is 1.00 e. The number of rotatable bonds is 2. The van der Waals surface area contributed by atoms with Crippen molar-refractivity contribution in [3.63, 3.8) is 0 Å². The molecule has 0 saturated heterocycles. The van der Waals surface area contributed by atoms with Crippen LogP contribution in [0.3, 0.4) is 0 Å². The van der Waals surface area contributed by atoms with Gasteiger partial charge in [0, 0.05) is 6.08 Å². The molecule has 0 aromatic carbocycles. The molecule has 0 aromatic heterocycles. The third-order valence-corrected chi connectivity index (χ3v) is 0.561. The average Bonchev–Trinajstić information content (AvgIpc) is 1.68. The van der Waals surface area contributed by atoms with E-state index in [0.717, 1.165) is 6.08 Å². The van der Waals surface area contributed by atoms with Crippen molar-refractivity contribution in [2.45, 2.75) is 0 Å². The van der Waals surface area contributed by atoms with Crippen LogP contribution in [0.1, 0.15) is 0 Å². The fraction of sp³-hybridized carbons (Fsp3) is 0. The zero-order chi connectivity index (χ0) is 6.41.